The monoisotopic (exact) mass is 478 g/mol. The number of amides is 1. The summed E-state index contributed by atoms with van der Waals surface area (Å²) in [5, 5.41) is 3.31. The lowest BCUT2D eigenvalue weighted by molar-refractivity contribution is -0.117. The van der Waals surface area contributed by atoms with Crippen molar-refractivity contribution in [3.63, 3.8) is 0 Å². The first-order chi connectivity index (χ1) is 15.8. The van der Waals surface area contributed by atoms with Gasteiger partial charge in [-0.3, -0.25) is 9.10 Å². The summed E-state index contributed by atoms with van der Waals surface area (Å²) >= 11 is 6.31. The molecule has 1 amide bonds. The van der Waals surface area contributed by atoms with Crippen LogP contribution in [0.2, 0.25) is 5.02 Å². The smallest absolute Gasteiger partial charge is 0.270 e. The third-order valence-corrected chi connectivity index (χ3v) is 7.55. The first kappa shape index (κ1) is 22.8. The van der Waals surface area contributed by atoms with Gasteiger partial charge >= 0.3 is 0 Å². The van der Waals surface area contributed by atoms with Crippen LogP contribution in [0.25, 0.3) is 5.57 Å². The lowest BCUT2D eigenvalue weighted by Gasteiger charge is -2.33. The van der Waals surface area contributed by atoms with Crippen molar-refractivity contribution in [3.05, 3.63) is 118 Å². The molecule has 3 aromatic rings. The van der Waals surface area contributed by atoms with Crippen LogP contribution in [0.15, 0.2) is 96.4 Å². The van der Waals surface area contributed by atoms with E-state index in [0.29, 0.717) is 27.4 Å². The average molecular weight is 479 g/mol. The van der Waals surface area contributed by atoms with Crippen molar-refractivity contribution < 1.29 is 13.2 Å². The first-order valence-corrected chi connectivity index (χ1v) is 12.3. The van der Waals surface area contributed by atoms with E-state index >= 15 is 0 Å². The summed E-state index contributed by atoms with van der Waals surface area (Å²) < 4.78 is 28.8. The number of halogens is 1. The Hall–Kier alpha value is -3.35. The second-order valence-electron chi connectivity index (χ2n) is 7.66. The Morgan fingerprint density at radius 1 is 1.06 bits per heavy atom. The third kappa shape index (κ3) is 4.32. The van der Waals surface area contributed by atoms with Crippen LogP contribution in [-0.4, -0.2) is 20.9 Å². The van der Waals surface area contributed by atoms with Crippen LogP contribution in [0.4, 0.5) is 5.69 Å². The molecular formula is C26H23ClN2O3S. The van der Waals surface area contributed by atoms with Gasteiger partial charge in [0.15, 0.2) is 4.91 Å². The van der Waals surface area contributed by atoms with Crippen LogP contribution in [0.3, 0.4) is 0 Å². The summed E-state index contributed by atoms with van der Waals surface area (Å²) in [5.74, 6) is -0.676. The molecule has 0 fully saturated rings. The van der Waals surface area contributed by atoms with Crippen molar-refractivity contribution in [1.29, 1.82) is 0 Å². The summed E-state index contributed by atoms with van der Waals surface area (Å²) in [7, 11) is -4.19. The van der Waals surface area contributed by atoms with E-state index in [1.165, 1.54) is 10.4 Å². The minimum atomic E-state index is -4.19. The number of rotatable bonds is 6. The molecule has 7 heteroatoms. The van der Waals surface area contributed by atoms with Crippen LogP contribution in [-0.2, 0) is 14.8 Å². The molecule has 0 aliphatic carbocycles. The quantitative estimate of drug-likeness (QED) is 0.488. The second kappa shape index (κ2) is 9.25. The number of anilines is 1. The molecule has 1 N–H and O–H groups in total. The van der Waals surface area contributed by atoms with Gasteiger partial charge in [-0.25, -0.2) is 8.42 Å². The van der Waals surface area contributed by atoms with Gasteiger partial charge in [0.05, 0.1) is 18.3 Å². The highest BCUT2D eigenvalue weighted by molar-refractivity contribution is 7.97. The molecule has 0 bridgehead atoms. The van der Waals surface area contributed by atoms with Crippen molar-refractivity contribution in [2.45, 2.75) is 13.0 Å². The molecule has 1 aliphatic heterocycles. The van der Waals surface area contributed by atoms with E-state index in [-0.39, 0.29) is 11.4 Å². The summed E-state index contributed by atoms with van der Waals surface area (Å²) in [4.78, 5) is 13.3. The fourth-order valence-corrected chi connectivity index (χ4v) is 5.83. The maximum Gasteiger partial charge on any atom is 0.270 e. The van der Waals surface area contributed by atoms with Gasteiger partial charge < -0.3 is 5.32 Å². The molecule has 4 rings (SSSR count). The highest BCUT2D eigenvalue weighted by Crippen LogP contribution is 2.43. The van der Waals surface area contributed by atoms with E-state index in [2.05, 4.69) is 11.9 Å². The highest BCUT2D eigenvalue weighted by atomic mass is 35.5. The minimum Gasteiger partial charge on any atom is -0.345 e. The topological polar surface area (TPSA) is 66.5 Å². The molecule has 1 unspecified atom stereocenters. The van der Waals surface area contributed by atoms with Crippen LogP contribution < -0.4 is 9.62 Å². The van der Waals surface area contributed by atoms with Gasteiger partial charge in [0.25, 0.3) is 15.9 Å². The predicted molar refractivity (Wildman–Crippen MR) is 133 cm³/mol. The molecule has 0 radical (unpaired) electrons. The molecule has 0 spiro atoms. The standard InChI is InChI=1S/C26H23ClN2O3S/c1-3-16-29-23-15-14-21(27)17-22(23)24(20-12-8-5-9-13-20)25(33(29,31)32)26(30)28-18(2)19-10-6-4-7-11-19/h3-15,17-18H,1,16H2,2H3,(H,28,30). The van der Waals surface area contributed by atoms with E-state index in [0.717, 1.165) is 5.56 Å². The SMILES string of the molecule is C=CCN1c2ccc(Cl)cc2C(c2ccccc2)=C(C(=O)NC(C)c2ccccc2)S1(=O)=O. The molecule has 0 aromatic heterocycles. The van der Waals surface area contributed by atoms with Gasteiger partial charge in [-0.1, -0.05) is 78.3 Å². The maximum absolute atomic E-state index is 13.8. The number of carbonyl (C=O) groups is 1. The van der Waals surface area contributed by atoms with E-state index < -0.39 is 22.0 Å². The summed E-state index contributed by atoms with van der Waals surface area (Å²) in [6, 6.07) is 23.0. The van der Waals surface area contributed by atoms with Gasteiger partial charge in [0.1, 0.15) is 0 Å². The zero-order valence-electron chi connectivity index (χ0n) is 18.0. The van der Waals surface area contributed by atoms with E-state index in [9.17, 15) is 13.2 Å². The summed E-state index contributed by atoms with van der Waals surface area (Å²) in [5.41, 5.74) is 2.83. The Bertz CT molecular complexity index is 1340. The lowest BCUT2D eigenvalue weighted by Crippen LogP contribution is -2.42. The zero-order valence-corrected chi connectivity index (χ0v) is 19.6. The van der Waals surface area contributed by atoms with Gasteiger partial charge in [-0.15, -0.1) is 6.58 Å². The molecule has 3 aromatic carbocycles. The van der Waals surface area contributed by atoms with Gasteiger partial charge in [0.2, 0.25) is 0 Å². The van der Waals surface area contributed by atoms with E-state index in [1.54, 1.807) is 42.5 Å². The third-order valence-electron chi connectivity index (χ3n) is 5.48. The summed E-state index contributed by atoms with van der Waals surface area (Å²) in [6.07, 6.45) is 1.49. The van der Waals surface area contributed by atoms with Crippen LogP contribution in [0, 0.1) is 0 Å². The Morgan fingerprint density at radius 3 is 2.33 bits per heavy atom. The Balaban J connectivity index is 1.95. The van der Waals surface area contributed by atoms with Crippen molar-refractivity contribution >= 4 is 38.8 Å². The Labute approximate surface area is 199 Å². The van der Waals surface area contributed by atoms with Crippen LogP contribution in [0.1, 0.15) is 29.7 Å². The fourth-order valence-electron chi connectivity index (χ4n) is 3.94. The highest BCUT2D eigenvalue weighted by Gasteiger charge is 2.41. The average Bonchev–Trinajstić information content (AvgIpc) is 2.81. The zero-order chi connectivity index (χ0) is 23.6. The number of benzene rings is 3. The van der Waals surface area contributed by atoms with Crippen molar-refractivity contribution in [2.24, 2.45) is 0 Å². The van der Waals surface area contributed by atoms with Gasteiger partial charge in [-0.05, 0) is 36.2 Å². The molecule has 33 heavy (non-hydrogen) atoms. The summed E-state index contributed by atoms with van der Waals surface area (Å²) in [6.45, 7) is 5.53. The Kier molecular flexibility index (Phi) is 6.40. The van der Waals surface area contributed by atoms with Gasteiger partial charge in [0, 0.05) is 16.2 Å². The number of fused-ring (bicyclic) bond motifs is 1. The van der Waals surface area contributed by atoms with Crippen LogP contribution >= 0.6 is 11.6 Å². The van der Waals surface area contributed by atoms with Gasteiger partial charge in [-0.2, -0.15) is 0 Å². The molecule has 168 valence electrons. The second-order valence-corrected chi connectivity index (χ2v) is 9.90. The molecule has 0 saturated carbocycles. The van der Waals surface area contributed by atoms with Crippen molar-refractivity contribution in [2.75, 3.05) is 10.8 Å². The maximum atomic E-state index is 13.8. The molecule has 0 saturated heterocycles. The van der Waals surface area contributed by atoms with Crippen molar-refractivity contribution in [1.82, 2.24) is 5.32 Å². The number of sulfonamides is 1. The lowest BCUT2D eigenvalue weighted by atomic mass is 9.95. The predicted octanol–water partition coefficient (Wildman–Crippen LogP) is 5.31. The largest absolute Gasteiger partial charge is 0.345 e. The molecule has 5 nitrogen and oxygen atoms in total. The fraction of sp³-hybridized carbons (Fsp3) is 0.115. The molecule has 1 aliphatic rings. The number of carbonyl (C=O) groups excluding carboxylic acids is 1. The molecular weight excluding hydrogens is 456 g/mol. The van der Waals surface area contributed by atoms with E-state index in [4.69, 9.17) is 11.6 Å². The molecule has 1 atom stereocenters. The molecule has 1 heterocycles. The van der Waals surface area contributed by atoms with Crippen LogP contribution in [0.5, 0.6) is 0 Å². The number of nitrogens with one attached hydrogen (secondary N) is 1. The van der Waals surface area contributed by atoms with E-state index in [1.807, 2.05) is 43.3 Å². The Morgan fingerprint density at radius 2 is 1.70 bits per heavy atom. The normalized spacial score (nSPS) is 15.5. The first-order valence-electron chi connectivity index (χ1n) is 10.4. The number of hydrogen-bond donors (Lipinski definition) is 1. The number of nitrogens with zero attached hydrogens (tertiary/aromatic N) is 1. The minimum absolute atomic E-state index is 0.0179. The number of hydrogen-bond acceptors (Lipinski definition) is 3. The van der Waals surface area contributed by atoms with Crippen molar-refractivity contribution in [3.8, 4) is 0 Å².